The Hall–Kier alpha value is -2.12. The highest BCUT2D eigenvalue weighted by molar-refractivity contribution is 5.26. The molecule has 1 N–H and O–H groups in total. The summed E-state index contributed by atoms with van der Waals surface area (Å²) >= 11 is 0. The zero-order valence-corrected chi connectivity index (χ0v) is 14.5. The molecule has 2 atom stereocenters. The quantitative estimate of drug-likeness (QED) is 0.908. The summed E-state index contributed by atoms with van der Waals surface area (Å²) in [4.78, 5) is 10.3. The third-order valence-electron chi connectivity index (χ3n) is 5.10. The zero-order chi connectivity index (χ0) is 18.0. The Bertz CT molecular complexity index is 740. The molecule has 1 aromatic carbocycles. The molecule has 0 saturated carbocycles. The van der Waals surface area contributed by atoms with E-state index in [2.05, 4.69) is 20.2 Å². The molecule has 26 heavy (non-hydrogen) atoms. The van der Waals surface area contributed by atoms with E-state index in [0.717, 1.165) is 56.9 Å². The Balaban J connectivity index is 1.36. The van der Waals surface area contributed by atoms with E-state index in [1.165, 1.54) is 12.1 Å². The van der Waals surface area contributed by atoms with Crippen molar-refractivity contribution in [3.8, 4) is 0 Å². The lowest BCUT2D eigenvalue weighted by Gasteiger charge is -2.39. The first-order chi connectivity index (χ1) is 12.6. The van der Waals surface area contributed by atoms with Crippen LogP contribution in [-0.4, -0.2) is 46.2 Å². The molecule has 2 aliphatic rings. The van der Waals surface area contributed by atoms with Gasteiger partial charge in [-0.15, -0.1) is 0 Å². The van der Waals surface area contributed by atoms with Gasteiger partial charge in [-0.25, -0.2) is 18.7 Å². The molecule has 0 amide bonds. The van der Waals surface area contributed by atoms with Crippen molar-refractivity contribution in [3.05, 3.63) is 53.9 Å². The van der Waals surface area contributed by atoms with Crippen LogP contribution >= 0.6 is 0 Å². The fourth-order valence-corrected chi connectivity index (χ4v) is 3.96. The Morgan fingerprint density at radius 2 is 1.92 bits per heavy atom. The number of likely N-dealkylation sites (tertiary alicyclic amines) is 1. The highest BCUT2D eigenvalue weighted by Crippen LogP contribution is 2.36. The topological polar surface area (TPSA) is 50.3 Å². The lowest BCUT2D eigenvalue weighted by Crippen LogP contribution is -2.47. The van der Waals surface area contributed by atoms with Crippen molar-refractivity contribution in [2.24, 2.45) is 0 Å². The molecule has 1 aromatic heterocycles. The number of hydrogen-bond donors (Lipinski definition) is 1. The largest absolute Gasteiger partial charge is 0.371 e. The molecule has 5 nitrogen and oxygen atoms in total. The highest BCUT2D eigenvalue weighted by Gasteiger charge is 2.43. The average Bonchev–Trinajstić information content (AvgIpc) is 3.01. The van der Waals surface area contributed by atoms with Gasteiger partial charge >= 0.3 is 0 Å². The summed E-state index contributed by atoms with van der Waals surface area (Å²) in [5.41, 5.74) is 0.937. The molecule has 2 fully saturated rings. The van der Waals surface area contributed by atoms with E-state index < -0.39 is 5.82 Å². The number of aromatic nitrogens is 2. The second-order valence-corrected chi connectivity index (χ2v) is 7.20. The summed E-state index contributed by atoms with van der Waals surface area (Å²) < 4.78 is 32.2. The van der Waals surface area contributed by atoms with Gasteiger partial charge in [-0.1, -0.05) is 12.1 Å². The van der Waals surface area contributed by atoms with Gasteiger partial charge in [-0.3, -0.25) is 4.90 Å². The Morgan fingerprint density at radius 3 is 2.69 bits per heavy atom. The predicted molar refractivity (Wildman–Crippen MR) is 93.6 cm³/mol. The molecule has 2 saturated heterocycles. The van der Waals surface area contributed by atoms with Crippen molar-refractivity contribution >= 4 is 5.95 Å². The molecular weight excluding hydrogens is 338 g/mol. The molecule has 2 aromatic rings. The smallest absolute Gasteiger partial charge is 0.223 e. The number of hydrogen-bond acceptors (Lipinski definition) is 5. The highest BCUT2D eigenvalue weighted by atomic mass is 19.1. The minimum Gasteiger partial charge on any atom is -0.371 e. The molecule has 4 rings (SSSR count). The van der Waals surface area contributed by atoms with Crippen LogP contribution < -0.4 is 5.32 Å². The number of rotatable bonds is 4. The van der Waals surface area contributed by atoms with Gasteiger partial charge in [-0.05, 0) is 37.1 Å². The van der Waals surface area contributed by atoms with Gasteiger partial charge in [0.05, 0.1) is 30.6 Å². The number of ether oxygens (including phenoxy) is 1. The Morgan fingerprint density at radius 1 is 1.15 bits per heavy atom. The van der Waals surface area contributed by atoms with Crippen LogP contribution in [0.5, 0.6) is 0 Å². The van der Waals surface area contributed by atoms with E-state index in [4.69, 9.17) is 4.74 Å². The van der Waals surface area contributed by atoms with Crippen molar-refractivity contribution in [1.29, 1.82) is 0 Å². The normalized spacial score (nSPS) is 26.3. The maximum absolute atomic E-state index is 13.1. The summed E-state index contributed by atoms with van der Waals surface area (Å²) in [7, 11) is 0. The molecule has 3 heterocycles. The van der Waals surface area contributed by atoms with E-state index in [9.17, 15) is 8.78 Å². The second-order valence-electron chi connectivity index (χ2n) is 7.20. The third-order valence-corrected chi connectivity index (χ3v) is 5.10. The van der Waals surface area contributed by atoms with Crippen LogP contribution in [0.3, 0.4) is 0 Å². The van der Waals surface area contributed by atoms with Gasteiger partial charge in [0.2, 0.25) is 5.95 Å². The minimum atomic E-state index is -0.446. The maximum Gasteiger partial charge on any atom is 0.223 e. The van der Waals surface area contributed by atoms with Crippen LogP contribution in [0, 0.1) is 11.6 Å². The van der Waals surface area contributed by atoms with Gasteiger partial charge < -0.3 is 10.1 Å². The molecule has 2 aliphatic heterocycles. The number of piperidine rings is 1. The monoisotopic (exact) mass is 360 g/mol. The lowest BCUT2D eigenvalue weighted by molar-refractivity contribution is -0.0533. The standard InChI is InChI=1S/C19H22F2N4O/c20-15-4-2-14(3-5-15)11-25-7-1-6-19(13-25)8-17(12-26-19)24-18-22-9-16(21)10-23-18/h2-5,9-10,17H,1,6-8,11-13H2,(H,22,23,24)/t17-,19-/m0/s1. The molecule has 0 aliphatic carbocycles. The Kier molecular flexibility index (Phi) is 4.82. The van der Waals surface area contributed by atoms with Crippen LogP contribution in [0.2, 0.25) is 0 Å². The van der Waals surface area contributed by atoms with Gasteiger partial charge in [0, 0.05) is 19.5 Å². The number of nitrogens with zero attached hydrogens (tertiary/aromatic N) is 3. The first-order valence-electron chi connectivity index (χ1n) is 8.95. The molecule has 0 bridgehead atoms. The summed E-state index contributed by atoms with van der Waals surface area (Å²) in [5.74, 6) is -0.227. The fraction of sp³-hybridized carbons (Fsp3) is 0.474. The van der Waals surface area contributed by atoms with Crippen LogP contribution in [-0.2, 0) is 11.3 Å². The van der Waals surface area contributed by atoms with E-state index in [-0.39, 0.29) is 17.5 Å². The van der Waals surface area contributed by atoms with Gasteiger partial charge in [0.1, 0.15) is 5.82 Å². The maximum atomic E-state index is 13.1. The van der Waals surface area contributed by atoms with Crippen molar-refractivity contribution in [2.45, 2.75) is 37.5 Å². The molecule has 7 heteroatoms. The van der Waals surface area contributed by atoms with Gasteiger partial charge in [-0.2, -0.15) is 0 Å². The van der Waals surface area contributed by atoms with Crippen LogP contribution in [0.25, 0.3) is 0 Å². The van der Waals surface area contributed by atoms with Crippen LogP contribution in [0.4, 0.5) is 14.7 Å². The SMILES string of the molecule is Fc1ccc(CN2CCC[C@]3(C[C@H](Nc4ncc(F)cn4)CO3)C2)cc1. The van der Waals surface area contributed by atoms with Crippen molar-refractivity contribution < 1.29 is 13.5 Å². The minimum absolute atomic E-state index is 0.117. The molecule has 0 unspecified atom stereocenters. The third kappa shape index (κ3) is 3.99. The number of anilines is 1. The van der Waals surface area contributed by atoms with Crippen molar-refractivity contribution in [1.82, 2.24) is 14.9 Å². The van der Waals surface area contributed by atoms with Gasteiger partial charge in [0.15, 0.2) is 5.82 Å². The summed E-state index contributed by atoms with van der Waals surface area (Å²) in [6.07, 6.45) is 5.28. The number of halogens is 2. The summed E-state index contributed by atoms with van der Waals surface area (Å²) in [5, 5.41) is 3.24. The zero-order valence-electron chi connectivity index (χ0n) is 14.5. The van der Waals surface area contributed by atoms with Gasteiger partial charge in [0.25, 0.3) is 0 Å². The molecule has 138 valence electrons. The molecule has 0 radical (unpaired) electrons. The van der Waals surface area contributed by atoms with E-state index in [1.54, 1.807) is 0 Å². The first kappa shape index (κ1) is 17.3. The summed E-state index contributed by atoms with van der Waals surface area (Å²) in [6, 6.07) is 6.80. The van der Waals surface area contributed by atoms with Crippen LogP contribution in [0.1, 0.15) is 24.8 Å². The predicted octanol–water partition coefficient (Wildman–Crippen LogP) is 2.99. The number of nitrogens with one attached hydrogen (secondary N) is 1. The van der Waals surface area contributed by atoms with E-state index in [0.29, 0.717) is 12.6 Å². The summed E-state index contributed by atoms with van der Waals surface area (Å²) in [6.45, 7) is 3.25. The van der Waals surface area contributed by atoms with Crippen LogP contribution in [0.15, 0.2) is 36.7 Å². The average molecular weight is 360 g/mol. The second kappa shape index (κ2) is 7.25. The van der Waals surface area contributed by atoms with E-state index in [1.807, 2.05) is 12.1 Å². The molecular formula is C19H22F2N4O. The lowest BCUT2D eigenvalue weighted by atomic mass is 9.88. The fourth-order valence-electron chi connectivity index (χ4n) is 3.96. The van der Waals surface area contributed by atoms with E-state index >= 15 is 0 Å². The molecule has 1 spiro atoms. The first-order valence-corrected chi connectivity index (χ1v) is 8.95. The number of benzene rings is 1. The van der Waals surface area contributed by atoms with Crippen molar-refractivity contribution in [2.75, 3.05) is 25.0 Å². The Labute approximate surface area is 151 Å². The van der Waals surface area contributed by atoms with Crippen molar-refractivity contribution in [3.63, 3.8) is 0 Å².